The van der Waals surface area contributed by atoms with Crippen LogP contribution in [0.5, 0.6) is 0 Å². The van der Waals surface area contributed by atoms with Crippen molar-refractivity contribution in [3.63, 3.8) is 0 Å². The number of thiazole rings is 1. The van der Waals surface area contributed by atoms with E-state index in [9.17, 15) is 15.0 Å². The molecule has 1 rings (SSSR count). The van der Waals surface area contributed by atoms with Gasteiger partial charge >= 0.3 is 0 Å². The van der Waals surface area contributed by atoms with Gasteiger partial charge < -0.3 is 10.2 Å². The molecule has 0 saturated carbocycles. The van der Waals surface area contributed by atoms with Crippen LogP contribution < -0.4 is 0 Å². The van der Waals surface area contributed by atoms with Crippen LogP contribution in [-0.4, -0.2) is 33.3 Å². The number of aldehydes is 1. The second-order valence-corrected chi connectivity index (χ2v) is 4.09. The van der Waals surface area contributed by atoms with Crippen LogP contribution in [0.2, 0.25) is 0 Å². The van der Waals surface area contributed by atoms with E-state index in [1.165, 1.54) is 0 Å². The molecule has 0 bridgehead atoms. The predicted molar refractivity (Wildman–Crippen MR) is 56.9 cm³/mol. The number of nitrogens with zero attached hydrogens (tertiary/aromatic N) is 1. The largest absolute Gasteiger partial charge is 0.390 e. The number of aliphatic hydroxyl groups is 2. The summed E-state index contributed by atoms with van der Waals surface area (Å²) in [6.07, 6.45) is -0.906. The number of carbonyl (C=O) groups is 1. The normalized spacial score (nSPS) is 15.1. The Morgan fingerprint density at radius 1 is 1.64 bits per heavy atom. The van der Waals surface area contributed by atoms with Gasteiger partial charge in [-0.05, 0) is 12.2 Å². The summed E-state index contributed by atoms with van der Waals surface area (Å²) in [5.41, 5.74) is 0.280. The van der Waals surface area contributed by atoms with Crippen molar-refractivity contribution >= 4 is 30.3 Å². The molecular weight excluding hydrogens is 222 g/mol. The van der Waals surface area contributed by atoms with Crippen molar-refractivity contribution in [1.82, 2.24) is 4.98 Å². The van der Waals surface area contributed by atoms with Crippen LogP contribution in [0.25, 0.3) is 0 Å². The Labute approximate surface area is 91.0 Å². The molecule has 0 spiro atoms. The summed E-state index contributed by atoms with van der Waals surface area (Å²) in [6, 6.07) is 0. The van der Waals surface area contributed by atoms with Crippen LogP contribution in [0.4, 0.5) is 0 Å². The van der Waals surface area contributed by atoms with Gasteiger partial charge in [0.05, 0.1) is 6.10 Å². The lowest BCUT2D eigenvalue weighted by Gasteiger charge is -2.13. The molecule has 1 aromatic heterocycles. The Morgan fingerprint density at radius 2 is 2.36 bits per heavy atom. The van der Waals surface area contributed by atoms with Crippen LogP contribution in [0, 0.1) is 0 Å². The van der Waals surface area contributed by atoms with Crippen molar-refractivity contribution in [3.8, 4) is 0 Å². The molecule has 2 atom stereocenters. The molecule has 1 aromatic rings. The Kier molecular flexibility index (Phi) is 4.53. The molecule has 0 aliphatic heterocycles. The third-order valence-corrected chi connectivity index (χ3v) is 2.89. The van der Waals surface area contributed by atoms with Gasteiger partial charge in [0.25, 0.3) is 0 Å². The zero-order chi connectivity index (χ0) is 10.6. The van der Waals surface area contributed by atoms with Crippen LogP contribution >= 0.6 is 24.0 Å². The molecule has 0 aliphatic carbocycles. The standard InChI is InChI=1S/C8H11NO3S2/c10-3-5-4-14-8(9-5)7(12)6(11)1-2-13/h3-4,6-7,11-13H,1-2H2. The van der Waals surface area contributed by atoms with Crippen LogP contribution in [0.3, 0.4) is 0 Å². The lowest BCUT2D eigenvalue weighted by molar-refractivity contribution is 0.0170. The van der Waals surface area contributed by atoms with E-state index >= 15 is 0 Å². The number of hydrogen-bond acceptors (Lipinski definition) is 6. The highest BCUT2D eigenvalue weighted by Gasteiger charge is 2.20. The summed E-state index contributed by atoms with van der Waals surface area (Å²) in [7, 11) is 0. The average molecular weight is 233 g/mol. The fourth-order valence-corrected chi connectivity index (χ4v) is 2.01. The second kappa shape index (κ2) is 5.45. The van der Waals surface area contributed by atoms with Crippen LogP contribution in [0.1, 0.15) is 28.0 Å². The number of hydrogen-bond donors (Lipinski definition) is 3. The highest BCUT2D eigenvalue weighted by atomic mass is 32.1. The number of aromatic nitrogens is 1. The van der Waals surface area contributed by atoms with Gasteiger partial charge in [-0.3, -0.25) is 4.79 Å². The van der Waals surface area contributed by atoms with E-state index < -0.39 is 12.2 Å². The van der Waals surface area contributed by atoms with Crippen LogP contribution in [0.15, 0.2) is 5.38 Å². The lowest BCUT2D eigenvalue weighted by atomic mass is 10.1. The first-order valence-electron chi connectivity index (χ1n) is 4.06. The zero-order valence-electron chi connectivity index (χ0n) is 7.33. The maximum absolute atomic E-state index is 10.3. The molecule has 0 aliphatic rings. The quantitative estimate of drug-likeness (QED) is 0.516. The van der Waals surface area contributed by atoms with Crippen molar-refractivity contribution in [3.05, 3.63) is 16.1 Å². The van der Waals surface area contributed by atoms with Crippen molar-refractivity contribution in [2.75, 3.05) is 5.75 Å². The first-order valence-corrected chi connectivity index (χ1v) is 5.58. The molecule has 4 nitrogen and oxygen atoms in total. The van der Waals surface area contributed by atoms with Gasteiger partial charge in [-0.2, -0.15) is 12.6 Å². The molecule has 6 heteroatoms. The number of carbonyl (C=O) groups excluding carboxylic acids is 1. The fraction of sp³-hybridized carbons (Fsp3) is 0.500. The zero-order valence-corrected chi connectivity index (χ0v) is 9.04. The summed E-state index contributed by atoms with van der Waals surface area (Å²) in [5, 5.41) is 20.9. The molecule has 0 amide bonds. The minimum absolute atomic E-state index is 0.280. The van der Waals surface area contributed by atoms with Crippen LogP contribution in [-0.2, 0) is 0 Å². The third kappa shape index (κ3) is 2.78. The second-order valence-electron chi connectivity index (χ2n) is 2.75. The summed E-state index contributed by atoms with van der Waals surface area (Å²) in [6.45, 7) is 0. The van der Waals surface area contributed by atoms with Gasteiger partial charge in [-0.15, -0.1) is 11.3 Å². The van der Waals surface area contributed by atoms with E-state index in [-0.39, 0.29) is 5.69 Å². The van der Waals surface area contributed by atoms with Crippen molar-refractivity contribution in [2.24, 2.45) is 0 Å². The molecule has 2 N–H and O–H groups in total. The number of aliphatic hydroxyl groups excluding tert-OH is 2. The van der Waals surface area contributed by atoms with E-state index in [1.807, 2.05) is 0 Å². The fourth-order valence-electron chi connectivity index (χ4n) is 0.945. The van der Waals surface area contributed by atoms with E-state index in [1.54, 1.807) is 5.38 Å². The van der Waals surface area contributed by atoms with E-state index in [0.29, 0.717) is 23.5 Å². The predicted octanol–water partition coefficient (Wildman–Crippen LogP) is 0.670. The van der Waals surface area contributed by atoms with Gasteiger partial charge in [0.2, 0.25) is 0 Å². The van der Waals surface area contributed by atoms with Gasteiger partial charge in [-0.1, -0.05) is 0 Å². The summed E-state index contributed by atoms with van der Waals surface area (Å²) < 4.78 is 0. The highest BCUT2D eigenvalue weighted by Crippen LogP contribution is 2.22. The summed E-state index contributed by atoms with van der Waals surface area (Å²) in [5.74, 6) is 0.490. The highest BCUT2D eigenvalue weighted by molar-refractivity contribution is 7.80. The lowest BCUT2D eigenvalue weighted by Crippen LogP contribution is -2.18. The first-order chi connectivity index (χ1) is 6.69. The Bertz CT molecular complexity index is 303. The number of rotatable bonds is 5. The SMILES string of the molecule is O=Cc1csc(C(O)C(O)CCS)n1. The molecule has 78 valence electrons. The Hall–Kier alpha value is -0.430. The van der Waals surface area contributed by atoms with Crippen molar-refractivity contribution in [2.45, 2.75) is 18.6 Å². The van der Waals surface area contributed by atoms with Gasteiger partial charge in [0, 0.05) is 5.38 Å². The van der Waals surface area contributed by atoms with E-state index in [2.05, 4.69) is 17.6 Å². The Balaban J connectivity index is 2.67. The third-order valence-electron chi connectivity index (χ3n) is 1.70. The van der Waals surface area contributed by atoms with Crippen molar-refractivity contribution < 1.29 is 15.0 Å². The van der Waals surface area contributed by atoms with Gasteiger partial charge in [-0.25, -0.2) is 4.98 Å². The Morgan fingerprint density at radius 3 is 2.86 bits per heavy atom. The molecule has 0 aromatic carbocycles. The maximum atomic E-state index is 10.3. The molecule has 0 saturated heterocycles. The smallest absolute Gasteiger partial charge is 0.169 e. The maximum Gasteiger partial charge on any atom is 0.169 e. The van der Waals surface area contributed by atoms with E-state index in [4.69, 9.17) is 0 Å². The monoisotopic (exact) mass is 233 g/mol. The van der Waals surface area contributed by atoms with E-state index in [0.717, 1.165) is 11.3 Å². The molecule has 14 heavy (non-hydrogen) atoms. The molecule has 1 heterocycles. The molecule has 0 radical (unpaired) electrons. The molecule has 2 unspecified atom stereocenters. The van der Waals surface area contributed by atoms with Crippen molar-refractivity contribution in [1.29, 1.82) is 0 Å². The topological polar surface area (TPSA) is 70.4 Å². The summed E-state index contributed by atoms with van der Waals surface area (Å²) in [4.78, 5) is 14.2. The molecular formula is C8H11NO3S2. The summed E-state index contributed by atoms with van der Waals surface area (Å²) >= 11 is 5.11. The van der Waals surface area contributed by atoms with Gasteiger partial charge in [0.1, 0.15) is 16.8 Å². The minimum Gasteiger partial charge on any atom is -0.390 e. The molecule has 0 fully saturated rings. The first kappa shape index (κ1) is 11.6. The number of thiol groups is 1. The minimum atomic E-state index is -1.03. The average Bonchev–Trinajstić information content (AvgIpc) is 2.65. The van der Waals surface area contributed by atoms with Gasteiger partial charge in [0.15, 0.2) is 6.29 Å².